The molecule has 2 rings (SSSR count). The minimum Gasteiger partial charge on any atom is -0.389 e. The number of aliphatic hydroxyl groups is 1. The number of aryl methyl sites for hydroxylation is 1. The van der Waals surface area contributed by atoms with Crippen LogP contribution >= 0.6 is 0 Å². The van der Waals surface area contributed by atoms with Crippen LogP contribution < -0.4 is 0 Å². The Morgan fingerprint density at radius 3 is 2.74 bits per heavy atom. The molecule has 106 valence electrons. The number of amides is 1. The van der Waals surface area contributed by atoms with Gasteiger partial charge in [-0.25, -0.2) is 4.68 Å². The number of carbonyl (C=O) groups is 1. The molecule has 1 aromatic rings. The van der Waals surface area contributed by atoms with Crippen molar-refractivity contribution in [3.8, 4) is 0 Å². The van der Waals surface area contributed by atoms with Crippen molar-refractivity contribution >= 4 is 5.91 Å². The van der Waals surface area contributed by atoms with Gasteiger partial charge >= 0.3 is 0 Å². The van der Waals surface area contributed by atoms with Gasteiger partial charge in [-0.1, -0.05) is 13.8 Å². The van der Waals surface area contributed by atoms with Gasteiger partial charge in [-0.2, -0.15) is 0 Å². The predicted molar refractivity (Wildman–Crippen MR) is 68.0 cm³/mol. The van der Waals surface area contributed by atoms with Crippen LogP contribution in [0.3, 0.4) is 0 Å². The third-order valence-corrected chi connectivity index (χ3v) is 4.21. The highest BCUT2D eigenvalue weighted by molar-refractivity contribution is 5.76. The first-order valence-corrected chi connectivity index (χ1v) is 6.53. The summed E-state index contributed by atoms with van der Waals surface area (Å²) in [5.41, 5.74) is -1.02. The Morgan fingerprint density at radius 2 is 2.16 bits per heavy atom. The highest BCUT2D eigenvalue weighted by atomic mass is 16.3. The molecule has 1 fully saturated rings. The summed E-state index contributed by atoms with van der Waals surface area (Å²) in [5, 5.41) is 21.1. The monoisotopic (exact) mass is 267 g/mol. The molecule has 0 bridgehead atoms. The molecule has 1 N–H and O–H groups in total. The third kappa shape index (κ3) is 2.91. The van der Waals surface area contributed by atoms with E-state index >= 15 is 0 Å². The number of hydrogen-bond donors (Lipinski definition) is 1. The molecular formula is C12H21N5O2. The van der Waals surface area contributed by atoms with E-state index in [1.54, 1.807) is 4.68 Å². The Hall–Kier alpha value is -1.50. The summed E-state index contributed by atoms with van der Waals surface area (Å²) in [4.78, 5) is 14.0. The minimum atomic E-state index is -0.723. The first-order valence-electron chi connectivity index (χ1n) is 6.53. The lowest BCUT2D eigenvalue weighted by Crippen LogP contribution is -2.57. The van der Waals surface area contributed by atoms with E-state index in [-0.39, 0.29) is 11.3 Å². The van der Waals surface area contributed by atoms with Crippen molar-refractivity contribution in [1.29, 1.82) is 0 Å². The van der Waals surface area contributed by atoms with E-state index in [0.29, 0.717) is 32.5 Å². The Bertz CT molecular complexity index is 441. The topological polar surface area (TPSA) is 84.1 Å². The molecule has 0 radical (unpaired) electrons. The molecule has 1 amide bonds. The quantitative estimate of drug-likeness (QED) is 0.838. The van der Waals surface area contributed by atoms with Gasteiger partial charge < -0.3 is 10.0 Å². The second kappa shape index (κ2) is 4.88. The fraction of sp³-hybridized carbons (Fsp3) is 0.833. The molecule has 1 aliphatic heterocycles. The number of carbonyl (C=O) groups excluding carboxylic acids is 1. The Balaban J connectivity index is 1.90. The van der Waals surface area contributed by atoms with E-state index in [2.05, 4.69) is 15.5 Å². The Labute approximate surface area is 112 Å². The summed E-state index contributed by atoms with van der Waals surface area (Å²) in [6.45, 7) is 7.50. The average Bonchev–Trinajstić information content (AvgIpc) is 2.82. The van der Waals surface area contributed by atoms with Gasteiger partial charge in [0, 0.05) is 24.9 Å². The Morgan fingerprint density at radius 1 is 1.42 bits per heavy atom. The second-order valence-electron chi connectivity index (χ2n) is 6.05. The molecule has 1 atom stereocenters. The molecule has 1 saturated heterocycles. The van der Waals surface area contributed by atoms with Gasteiger partial charge in [-0.05, 0) is 23.8 Å². The molecule has 0 saturated carbocycles. The Kier molecular flexibility index (Phi) is 3.58. The maximum atomic E-state index is 12.2. The SMILES string of the molecule is CC1(C)CN(C(=O)CCn2cnnn2)CC[C@]1(C)O. The predicted octanol–water partition coefficient (Wildman–Crippen LogP) is 0.0727. The summed E-state index contributed by atoms with van der Waals surface area (Å²) in [6.07, 6.45) is 2.48. The molecule has 7 heteroatoms. The van der Waals surface area contributed by atoms with Gasteiger partial charge in [0.25, 0.3) is 0 Å². The average molecular weight is 267 g/mol. The summed E-state index contributed by atoms with van der Waals surface area (Å²) in [6, 6.07) is 0. The number of rotatable bonds is 3. The van der Waals surface area contributed by atoms with Crippen molar-refractivity contribution in [1.82, 2.24) is 25.1 Å². The number of nitrogens with zero attached hydrogens (tertiary/aromatic N) is 5. The van der Waals surface area contributed by atoms with Crippen molar-refractivity contribution in [2.24, 2.45) is 5.41 Å². The van der Waals surface area contributed by atoms with E-state index < -0.39 is 5.60 Å². The summed E-state index contributed by atoms with van der Waals surface area (Å²) in [5.74, 6) is 0.0825. The zero-order valence-corrected chi connectivity index (χ0v) is 11.7. The molecular weight excluding hydrogens is 246 g/mol. The smallest absolute Gasteiger partial charge is 0.224 e. The van der Waals surface area contributed by atoms with E-state index in [9.17, 15) is 9.90 Å². The van der Waals surface area contributed by atoms with Crippen LogP contribution in [0.1, 0.15) is 33.6 Å². The van der Waals surface area contributed by atoms with Gasteiger partial charge in [-0.15, -0.1) is 5.10 Å². The molecule has 0 aromatic carbocycles. The van der Waals surface area contributed by atoms with Crippen LogP contribution in [0.5, 0.6) is 0 Å². The molecule has 19 heavy (non-hydrogen) atoms. The summed E-state index contributed by atoms with van der Waals surface area (Å²) in [7, 11) is 0. The van der Waals surface area contributed by atoms with Gasteiger partial charge in [0.2, 0.25) is 5.91 Å². The third-order valence-electron chi connectivity index (χ3n) is 4.21. The van der Waals surface area contributed by atoms with Crippen molar-refractivity contribution < 1.29 is 9.90 Å². The van der Waals surface area contributed by atoms with Gasteiger partial charge in [0.1, 0.15) is 6.33 Å². The number of likely N-dealkylation sites (tertiary alicyclic amines) is 1. The van der Waals surface area contributed by atoms with Crippen LogP contribution in [0.25, 0.3) is 0 Å². The van der Waals surface area contributed by atoms with Crippen molar-refractivity contribution in [3.63, 3.8) is 0 Å². The fourth-order valence-electron chi connectivity index (χ4n) is 2.28. The number of hydrogen-bond acceptors (Lipinski definition) is 5. The van der Waals surface area contributed by atoms with E-state index in [4.69, 9.17) is 0 Å². The fourth-order valence-corrected chi connectivity index (χ4v) is 2.28. The lowest BCUT2D eigenvalue weighted by molar-refractivity contribution is -0.147. The minimum absolute atomic E-state index is 0.0825. The van der Waals surface area contributed by atoms with Crippen LogP contribution in [-0.4, -0.2) is 54.8 Å². The molecule has 1 aliphatic rings. The second-order valence-corrected chi connectivity index (χ2v) is 6.05. The maximum absolute atomic E-state index is 12.2. The molecule has 7 nitrogen and oxygen atoms in total. The van der Waals surface area contributed by atoms with Crippen LogP contribution in [-0.2, 0) is 11.3 Å². The molecule has 1 aromatic heterocycles. The van der Waals surface area contributed by atoms with Crippen LogP contribution in [0, 0.1) is 5.41 Å². The zero-order valence-electron chi connectivity index (χ0n) is 11.7. The lowest BCUT2D eigenvalue weighted by Gasteiger charge is -2.48. The van der Waals surface area contributed by atoms with Crippen molar-refractivity contribution in [3.05, 3.63) is 6.33 Å². The van der Waals surface area contributed by atoms with Crippen LogP contribution in [0.4, 0.5) is 0 Å². The molecule has 0 aliphatic carbocycles. The summed E-state index contributed by atoms with van der Waals surface area (Å²) >= 11 is 0. The molecule has 0 unspecified atom stereocenters. The van der Waals surface area contributed by atoms with Crippen LogP contribution in [0.15, 0.2) is 6.33 Å². The molecule has 0 spiro atoms. The largest absolute Gasteiger partial charge is 0.389 e. The van der Waals surface area contributed by atoms with Crippen LogP contribution in [0.2, 0.25) is 0 Å². The number of aromatic nitrogens is 4. The van der Waals surface area contributed by atoms with Crippen molar-refractivity contribution in [2.45, 2.75) is 45.8 Å². The highest BCUT2D eigenvalue weighted by Crippen LogP contribution is 2.38. The highest BCUT2D eigenvalue weighted by Gasteiger charge is 2.44. The van der Waals surface area contributed by atoms with E-state index in [1.807, 2.05) is 25.7 Å². The zero-order chi connectivity index (χ0) is 14.1. The van der Waals surface area contributed by atoms with Gasteiger partial charge in [-0.3, -0.25) is 4.79 Å². The van der Waals surface area contributed by atoms with Gasteiger partial charge in [0.15, 0.2) is 0 Å². The molecule has 2 heterocycles. The number of tetrazole rings is 1. The maximum Gasteiger partial charge on any atom is 0.224 e. The van der Waals surface area contributed by atoms with E-state index in [1.165, 1.54) is 6.33 Å². The van der Waals surface area contributed by atoms with Gasteiger partial charge in [0.05, 0.1) is 12.1 Å². The van der Waals surface area contributed by atoms with Crippen molar-refractivity contribution in [2.75, 3.05) is 13.1 Å². The lowest BCUT2D eigenvalue weighted by atomic mass is 9.71. The normalized spacial score (nSPS) is 26.4. The standard InChI is InChI=1S/C12H21N5O2/c1-11(2)8-16(7-5-12(11,3)19)10(18)4-6-17-9-13-14-15-17/h9,19H,4-8H2,1-3H3/t12-/m0/s1. The van der Waals surface area contributed by atoms with E-state index in [0.717, 1.165) is 0 Å². The first-order chi connectivity index (χ1) is 8.82. The summed E-state index contributed by atoms with van der Waals surface area (Å²) < 4.78 is 1.54. The first kappa shape index (κ1) is 13.9. The number of piperidine rings is 1.